The van der Waals surface area contributed by atoms with Crippen molar-refractivity contribution in [1.29, 1.82) is 0 Å². The summed E-state index contributed by atoms with van der Waals surface area (Å²) in [5.74, 6) is -1.18. The molecule has 0 spiro atoms. The zero-order valence-corrected chi connectivity index (χ0v) is 16.5. The lowest BCUT2D eigenvalue weighted by Gasteiger charge is -2.34. The van der Waals surface area contributed by atoms with Crippen molar-refractivity contribution in [2.45, 2.75) is 45.6 Å². The molecule has 1 unspecified atom stereocenters. The minimum atomic E-state index is -0.996. The highest BCUT2D eigenvalue weighted by Crippen LogP contribution is 2.25. The molecule has 9 heteroatoms. The van der Waals surface area contributed by atoms with Gasteiger partial charge in [-0.1, -0.05) is 0 Å². The number of aromatic carboxylic acids is 1. The second-order valence-corrected chi connectivity index (χ2v) is 8.27. The molecule has 1 aromatic rings. The summed E-state index contributed by atoms with van der Waals surface area (Å²) in [6.45, 7) is 6.34. The molecule has 0 saturated carbocycles. The van der Waals surface area contributed by atoms with Crippen LogP contribution in [0.1, 0.15) is 59.0 Å². The summed E-state index contributed by atoms with van der Waals surface area (Å²) in [5, 5.41) is 12.7. The summed E-state index contributed by atoms with van der Waals surface area (Å²) in [6.07, 6.45) is 3.44. The van der Waals surface area contributed by atoms with Gasteiger partial charge in [0.15, 0.2) is 0 Å². The lowest BCUT2D eigenvalue weighted by Crippen LogP contribution is -2.47. The molecule has 3 amide bonds. The lowest BCUT2D eigenvalue weighted by molar-refractivity contribution is -0.127. The number of carbonyl (C=O) groups is 3. The summed E-state index contributed by atoms with van der Waals surface area (Å²) in [6, 6.07) is -0.238. The monoisotopic (exact) mass is 394 g/mol. The lowest BCUT2D eigenvalue weighted by atomic mass is 9.96. The van der Waals surface area contributed by atoms with Crippen molar-refractivity contribution in [3.63, 3.8) is 0 Å². The number of amides is 3. The van der Waals surface area contributed by atoms with Gasteiger partial charge in [-0.3, -0.25) is 4.79 Å². The molecule has 3 heterocycles. The van der Waals surface area contributed by atoms with Gasteiger partial charge in [0.1, 0.15) is 9.88 Å². The molecule has 8 nitrogen and oxygen atoms in total. The quantitative estimate of drug-likeness (QED) is 0.815. The largest absolute Gasteiger partial charge is 0.477 e. The molecule has 0 aromatic carbocycles. The van der Waals surface area contributed by atoms with E-state index in [-0.39, 0.29) is 28.8 Å². The van der Waals surface area contributed by atoms with Gasteiger partial charge in [0.2, 0.25) is 5.91 Å². The molecule has 2 N–H and O–H groups in total. The van der Waals surface area contributed by atoms with Gasteiger partial charge < -0.3 is 20.2 Å². The second kappa shape index (κ2) is 8.24. The standard InChI is InChI=1S/C18H26N4O4S/c1-11-14(17(24)25)27-16(20-11)12(2)19-15(23)13-5-9-22(10-6-13)18(26)21-7-3-4-8-21/h12-13H,3-10H2,1-2H3,(H,19,23)(H,24,25). The number of hydrogen-bond donors (Lipinski definition) is 2. The minimum absolute atomic E-state index is 0.0551. The molecule has 2 aliphatic rings. The van der Waals surface area contributed by atoms with Gasteiger partial charge in [-0.2, -0.15) is 0 Å². The van der Waals surface area contributed by atoms with E-state index >= 15 is 0 Å². The Hall–Kier alpha value is -2.16. The van der Waals surface area contributed by atoms with Gasteiger partial charge in [-0.25, -0.2) is 14.6 Å². The van der Waals surface area contributed by atoms with Crippen molar-refractivity contribution in [2.75, 3.05) is 26.2 Å². The predicted molar refractivity (Wildman–Crippen MR) is 101 cm³/mol. The van der Waals surface area contributed by atoms with Crippen LogP contribution < -0.4 is 5.32 Å². The zero-order valence-electron chi connectivity index (χ0n) is 15.7. The van der Waals surface area contributed by atoms with Crippen LogP contribution in [0.4, 0.5) is 4.79 Å². The summed E-state index contributed by atoms with van der Waals surface area (Å²) < 4.78 is 0. The maximum Gasteiger partial charge on any atom is 0.347 e. The van der Waals surface area contributed by atoms with E-state index in [0.29, 0.717) is 36.6 Å². The van der Waals surface area contributed by atoms with E-state index in [1.807, 2.05) is 16.7 Å². The number of aryl methyl sites for hydroxylation is 1. The van der Waals surface area contributed by atoms with Crippen LogP contribution in [-0.2, 0) is 4.79 Å². The molecule has 2 saturated heterocycles. The fraction of sp³-hybridized carbons (Fsp3) is 0.667. The van der Waals surface area contributed by atoms with Gasteiger partial charge in [0.05, 0.1) is 11.7 Å². The number of urea groups is 1. The smallest absolute Gasteiger partial charge is 0.347 e. The Kier molecular flexibility index (Phi) is 5.98. The second-order valence-electron chi connectivity index (χ2n) is 7.24. The number of carbonyl (C=O) groups excluding carboxylic acids is 2. The normalized spacial score (nSPS) is 19.2. The number of nitrogens with zero attached hydrogens (tertiary/aromatic N) is 3. The number of likely N-dealkylation sites (tertiary alicyclic amines) is 2. The highest BCUT2D eigenvalue weighted by Gasteiger charge is 2.31. The average Bonchev–Trinajstić information content (AvgIpc) is 3.31. The van der Waals surface area contributed by atoms with Crippen molar-refractivity contribution in [1.82, 2.24) is 20.1 Å². The SMILES string of the molecule is Cc1nc(C(C)NC(=O)C2CCN(C(=O)N3CCCC3)CC2)sc1C(=O)O. The molecule has 27 heavy (non-hydrogen) atoms. The number of aromatic nitrogens is 1. The maximum absolute atomic E-state index is 12.6. The van der Waals surface area contributed by atoms with Gasteiger partial charge in [0, 0.05) is 32.1 Å². The summed E-state index contributed by atoms with van der Waals surface area (Å²) in [4.78, 5) is 44.4. The van der Waals surface area contributed by atoms with Crippen LogP contribution in [0.5, 0.6) is 0 Å². The van der Waals surface area contributed by atoms with Crippen molar-refractivity contribution < 1.29 is 19.5 Å². The number of carboxylic acid groups (broad SMARTS) is 1. The number of carboxylic acids is 1. The fourth-order valence-corrected chi connectivity index (χ4v) is 4.54. The first-order valence-electron chi connectivity index (χ1n) is 9.41. The molecule has 2 fully saturated rings. The Labute approximate surface area is 162 Å². The Morgan fingerprint density at radius 2 is 1.74 bits per heavy atom. The highest BCUT2D eigenvalue weighted by molar-refractivity contribution is 7.13. The molecule has 0 aliphatic carbocycles. The van der Waals surface area contributed by atoms with Gasteiger partial charge >= 0.3 is 12.0 Å². The third kappa shape index (κ3) is 4.40. The van der Waals surface area contributed by atoms with E-state index in [1.165, 1.54) is 0 Å². The van der Waals surface area contributed by atoms with Crippen LogP contribution in [0.2, 0.25) is 0 Å². The summed E-state index contributed by atoms with van der Waals surface area (Å²) in [7, 11) is 0. The van der Waals surface area contributed by atoms with E-state index in [0.717, 1.165) is 37.3 Å². The zero-order chi connectivity index (χ0) is 19.6. The van der Waals surface area contributed by atoms with E-state index < -0.39 is 5.97 Å². The first kappa shape index (κ1) is 19.6. The number of thiazole rings is 1. The topological polar surface area (TPSA) is 103 Å². The third-order valence-corrected chi connectivity index (χ3v) is 6.58. The molecule has 0 radical (unpaired) electrons. The van der Waals surface area contributed by atoms with Gasteiger partial charge in [0.25, 0.3) is 0 Å². The van der Waals surface area contributed by atoms with Crippen LogP contribution >= 0.6 is 11.3 Å². The first-order valence-corrected chi connectivity index (χ1v) is 10.2. The molecule has 1 atom stereocenters. The molecule has 148 valence electrons. The Bertz CT molecular complexity index is 721. The number of piperidine rings is 1. The highest BCUT2D eigenvalue weighted by atomic mass is 32.1. The Morgan fingerprint density at radius 1 is 1.15 bits per heavy atom. The van der Waals surface area contributed by atoms with Crippen LogP contribution in [0.3, 0.4) is 0 Å². The Morgan fingerprint density at radius 3 is 2.30 bits per heavy atom. The van der Waals surface area contributed by atoms with Crippen molar-refractivity contribution in [3.05, 3.63) is 15.6 Å². The molecule has 0 bridgehead atoms. The average molecular weight is 394 g/mol. The predicted octanol–water partition coefficient (Wildman–Crippen LogP) is 2.25. The first-order chi connectivity index (χ1) is 12.9. The fourth-order valence-electron chi connectivity index (χ4n) is 3.64. The molecule has 3 rings (SSSR count). The molecular weight excluding hydrogens is 368 g/mol. The van der Waals surface area contributed by atoms with E-state index in [4.69, 9.17) is 5.11 Å². The van der Waals surface area contributed by atoms with Gasteiger partial charge in [-0.15, -0.1) is 11.3 Å². The van der Waals surface area contributed by atoms with E-state index in [2.05, 4.69) is 10.3 Å². The van der Waals surface area contributed by atoms with Crippen LogP contribution in [0.25, 0.3) is 0 Å². The molecular formula is C18H26N4O4S. The maximum atomic E-state index is 12.6. The van der Waals surface area contributed by atoms with Crippen LogP contribution in [0, 0.1) is 12.8 Å². The molecule has 2 aliphatic heterocycles. The van der Waals surface area contributed by atoms with Crippen molar-refractivity contribution in [2.24, 2.45) is 5.92 Å². The summed E-state index contributed by atoms with van der Waals surface area (Å²) >= 11 is 1.10. The number of rotatable bonds is 4. The van der Waals surface area contributed by atoms with Gasteiger partial charge in [-0.05, 0) is 39.5 Å². The van der Waals surface area contributed by atoms with Crippen molar-refractivity contribution in [3.8, 4) is 0 Å². The number of hydrogen-bond acceptors (Lipinski definition) is 5. The van der Waals surface area contributed by atoms with E-state index in [9.17, 15) is 14.4 Å². The Balaban J connectivity index is 1.51. The van der Waals surface area contributed by atoms with Crippen LogP contribution in [-0.4, -0.2) is 64.0 Å². The summed E-state index contributed by atoms with van der Waals surface area (Å²) in [5.41, 5.74) is 0.470. The number of nitrogens with one attached hydrogen (secondary N) is 1. The third-order valence-electron chi connectivity index (χ3n) is 5.25. The van der Waals surface area contributed by atoms with Crippen molar-refractivity contribution >= 4 is 29.2 Å². The minimum Gasteiger partial charge on any atom is -0.477 e. The van der Waals surface area contributed by atoms with Crippen LogP contribution in [0.15, 0.2) is 0 Å². The molecule has 1 aromatic heterocycles. The van der Waals surface area contributed by atoms with E-state index in [1.54, 1.807) is 6.92 Å².